The number of hydrogen-bond acceptors (Lipinski definition) is 2. The summed E-state index contributed by atoms with van der Waals surface area (Å²) < 4.78 is 1.41. The lowest BCUT2D eigenvalue weighted by atomic mass is 10.4. The summed E-state index contributed by atoms with van der Waals surface area (Å²) in [5, 5.41) is 8.93. The van der Waals surface area contributed by atoms with Crippen molar-refractivity contribution in [2.24, 2.45) is 0 Å². The predicted molar refractivity (Wildman–Crippen MR) is 68.4 cm³/mol. The number of carbonyl (C=O) groups is 2. The van der Waals surface area contributed by atoms with Crippen molar-refractivity contribution < 1.29 is 14.7 Å². The van der Waals surface area contributed by atoms with Crippen LogP contribution in [0.2, 0.25) is 0 Å². The molecular formula is C13H16N2O3. The minimum absolute atomic E-state index is 0.00366. The molecule has 0 saturated carbocycles. The molecule has 1 rings (SSSR count). The summed E-state index contributed by atoms with van der Waals surface area (Å²) in [5.74, 6) is -1.22. The van der Waals surface area contributed by atoms with E-state index in [0.29, 0.717) is 13.1 Å². The summed E-state index contributed by atoms with van der Waals surface area (Å²) in [5.41, 5.74) is 0.0977. The van der Waals surface area contributed by atoms with E-state index in [0.717, 1.165) is 0 Å². The first-order valence-electron chi connectivity index (χ1n) is 5.48. The van der Waals surface area contributed by atoms with Crippen LogP contribution in [0.25, 0.3) is 0 Å². The largest absolute Gasteiger partial charge is 0.477 e. The quantitative estimate of drug-likeness (QED) is 0.742. The third-order valence-corrected chi connectivity index (χ3v) is 2.41. The van der Waals surface area contributed by atoms with Gasteiger partial charge in [0.05, 0.1) is 0 Å². The molecule has 0 fully saturated rings. The van der Waals surface area contributed by atoms with Gasteiger partial charge in [0, 0.05) is 19.3 Å². The Hall–Kier alpha value is -2.30. The maximum absolute atomic E-state index is 12.0. The van der Waals surface area contributed by atoms with Crippen molar-refractivity contribution in [2.75, 3.05) is 13.1 Å². The molecule has 0 atom stereocenters. The lowest BCUT2D eigenvalue weighted by Gasteiger charge is -2.19. The highest BCUT2D eigenvalue weighted by atomic mass is 16.4. The topological polar surface area (TPSA) is 62.5 Å². The molecule has 1 N–H and O–H groups in total. The maximum Gasteiger partial charge on any atom is 0.352 e. The van der Waals surface area contributed by atoms with E-state index < -0.39 is 5.97 Å². The van der Waals surface area contributed by atoms with Gasteiger partial charge in [0.1, 0.15) is 12.2 Å². The van der Waals surface area contributed by atoms with Crippen LogP contribution in [0.1, 0.15) is 10.5 Å². The lowest BCUT2D eigenvalue weighted by Crippen LogP contribution is -2.34. The Balaban J connectivity index is 2.78. The van der Waals surface area contributed by atoms with Gasteiger partial charge in [-0.15, -0.1) is 13.2 Å². The van der Waals surface area contributed by atoms with E-state index in [9.17, 15) is 9.59 Å². The molecule has 18 heavy (non-hydrogen) atoms. The summed E-state index contributed by atoms with van der Waals surface area (Å²) in [6, 6.07) is 3.06. The number of aromatic nitrogens is 1. The number of aromatic carboxylic acids is 1. The summed E-state index contributed by atoms with van der Waals surface area (Å²) in [6.45, 7) is 7.98. The second-order valence-electron chi connectivity index (χ2n) is 3.70. The van der Waals surface area contributed by atoms with Crippen LogP contribution in [0, 0.1) is 0 Å². The second kappa shape index (κ2) is 6.44. The van der Waals surface area contributed by atoms with Crippen molar-refractivity contribution in [3.63, 3.8) is 0 Å². The average Bonchev–Trinajstić information content (AvgIpc) is 2.77. The molecular weight excluding hydrogens is 232 g/mol. The van der Waals surface area contributed by atoms with Crippen LogP contribution in [-0.4, -0.2) is 39.5 Å². The zero-order valence-corrected chi connectivity index (χ0v) is 10.1. The van der Waals surface area contributed by atoms with Gasteiger partial charge in [-0.05, 0) is 12.1 Å². The van der Waals surface area contributed by atoms with Crippen LogP contribution < -0.4 is 0 Å². The number of amides is 1. The molecule has 0 saturated heterocycles. The van der Waals surface area contributed by atoms with E-state index >= 15 is 0 Å². The molecule has 1 amide bonds. The SMILES string of the molecule is C=CCN(CC=C)C(=O)Cn1cccc1C(=O)O. The zero-order valence-electron chi connectivity index (χ0n) is 10.1. The highest BCUT2D eigenvalue weighted by molar-refractivity contribution is 5.87. The van der Waals surface area contributed by atoms with Crippen molar-refractivity contribution in [3.05, 3.63) is 49.3 Å². The molecule has 1 heterocycles. The van der Waals surface area contributed by atoms with Gasteiger partial charge in [-0.1, -0.05) is 12.2 Å². The Labute approximate surface area is 106 Å². The first-order chi connectivity index (χ1) is 8.60. The summed E-state index contributed by atoms with van der Waals surface area (Å²) >= 11 is 0. The summed E-state index contributed by atoms with van der Waals surface area (Å²) in [6.07, 6.45) is 4.81. The monoisotopic (exact) mass is 248 g/mol. The van der Waals surface area contributed by atoms with Gasteiger partial charge >= 0.3 is 5.97 Å². The third kappa shape index (κ3) is 3.35. The molecule has 0 aromatic carbocycles. The molecule has 0 radical (unpaired) electrons. The predicted octanol–water partition coefficient (Wildman–Crippen LogP) is 1.39. The second-order valence-corrected chi connectivity index (χ2v) is 3.70. The Morgan fingerprint density at radius 2 is 1.94 bits per heavy atom. The zero-order chi connectivity index (χ0) is 13.5. The van der Waals surface area contributed by atoms with Crippen LogP contribution >= 0.6 is 0 Å². The van der Waals surface area contributed by atoms with Crippen molar-refractivity contribution in [3.8, 4) is 0 Å². The van der Waals surface area contributed by atoms with Crippen LogP contribution in [-0.2, 0) is 11.3 Å². The van der Waals surface area contributed by atoms with Gasteiger partial charge in [-0.2, -0.15) is 0 Å². The van der Waals surface area contributed by atoms with Gasteiger partial charge < -0.3 is 14.6 Å². The molecule has 96 valence electrons. The van der Waals surface area contributed by atoms with Crippen molar-refractivity contribution >= 4 is 11.9 Å². The average molecular weight is 248 g/mol. The number of carboxylic acids is 1. The number of nitrogens with zero attached hydrogens (tertiary/aromatic N) is 2. The Morgan fingerprint density at radius 3 is 2.44 bits per heavy atom. The standard InChI is InChI=1S/C13H16N2O3/c1-3-7-14(8-4-2)12(16)10-15-9-5-6-11(15)13(17)18/h3-6,9H,1-2,7-8,10H2,(H,17,18). The van der Waals surface area contributed by atoms with E-state index in [1.54, 1.807) is 29.3 Å². The smallest absolute Gasteiger partial charge is 0.352 e. The van der Waals surface area contributed by atoms with Crippen molar-refractivity contribution in [1.29, 1.82) is 0 Å². The van der Waals surface area contributed by atoms with Crippen LogP contribution in [0.15, 0.2) is 43.6 Å². The molecule has 0 aliphatic carbocycles. The van der Waals surface area contributed by atoms with Crippen molar-refractivity contribution in [1.82, 2.24) is 9.47 Å². The molecule has 5 heteroatoms. The molecule has 1 aromatic rings. The number of carbonyl (C=O) groups excluding carboxylic acids is 1. The van der Waals surface area contributed by atoms with E-state index in [2.05, 4.69) is 13.2 Å². The lowest BCUT2D eigenvalue weighted by molar-refractivity contribution is -0.130. The van der Waals surface area contributed by atoms with Gasteiger partial charge in [0.15, 0.2) is 0 Å². The molecule has 0 spiro atoms. The van der Waals surface area contributed by atoms with Crippen LogP contribution in [0.5, 0.6) is 0 Å². The molecule has 0 unspecified atom stereocenters. The van der Waals surface area contributed by atoms with E-state index in [1.165, 1.54) is 10.6 Å². The normalized spacial score (nSPS) is 9.78. The number of rotatable bonds is 7. The fourth-order valence-corrected chi connectivity index (χ4v) is 1.58. The fraction of sp³-hybridized carbons (Fsp3) is 0.231. The van der Waals surface area contributed by atoms with Crippen LogP contribution in [0.3, 0.4) is 0 Å². The van der Waals surface area contributed by atoms with Gasteiger partial charge in [-0.25, -0.2) is 4.79 Å². The summed E-state index contributed by atoms with van der Waals surface area (Å²) in [7, 11) is 0. The first-order valence-corrected chi connectivity index (χ1v) is 5.48. The van der Waals surface area contributed by atoms with E-state index in [-0.39, 0.29) is 18.1 Å². The molecule has 0 bridgehead atoms. The highest BCUT2D eigenvalue weighted by Gasteiger charge is 2.15. The molecule has 1 aromatic heterocycles. The van der Waals surface area contributed by atoms with Crippen LogP contribution in [0.4, 0.5) is 0 Å². The van der Waals surface area contributed by atoms with E-state index in [1.807, 2.05) is 0 Å². The minimum Gasteiger partial charge on any atom is -0.477 e. The number of carboxylic acid groups (broad SMARTS) is 1. The minimum atomic E-state index is -1.05. The Morgan fingerprint density at radius 1 is 1.33 bits per heavy atom. The Bertz CT molecular complexity index is 453. The molecule has 0 aliphatic heterocycles. The van der Waals surface area contributed by atoms with Gasteiger partial charge in [0.25, 0.3) is 0 Å². The highest BCUT2D eigenvalue weighted by Crippen LogP contribution is 2.04. The third-order valence-electron chi connectivity index (χ3n) is 2.41. The summed E-state index contributed by atoms with van der Waals surface area (Å²) in [4.78, 5) is 24.4. The first kappa shape index (κ1) is 13.8. The number of hydrogen-bond donors (Lipinski definition) is 1. The molecule has 5 nitrogen and oxygen atoms in total. The van der Waals surface area contributed by atoms with E-state index in [4.69, 9.17) is 5.11 Å². The van der Waals surface area contributed by atoms with Gasteiger partial charge in [0.2, 0.25) is 5.91 Å². The molecule has 0 aliphatic rings. The Kier molecular flexibility index (Phi) is 4.92. The van der Waals surface area contributed by atoms with Gasteiger partial charge in [-0.3, -0.25) is 4.79 Å². The maximum atomic E-state index is 12.0. The van der Waals surface area contributed by atoms with Crippen molar-refractivity contribution in [2.45, 2.75) is 6.54 Å². The fourth-order valence-electron chi connectivity index (χ4n) is 1.58.